The molecule has 92 valence electrons. The normalized spacial score (nSPS) is 13.1. The van der Waals surface area contributed by atoms with Crippen LogP contribution in [0.2, 0.25) is 5.02 Å². The molecule has 17 heavy (non-hydrogen) atoms. The lowest BCUT2D eigenvalue weighted by molar-refractivity contribution is 0.182. The maximum atomic E-state index is 6.21. The number of hydrogen-bond donors (Lipinski definition) is 1. The second-order valence-electron chi connectivity index (χ2n) is 4.08. The first-order valence-corrected chi connectivity index (χ1v) is 5.93. The van der Waals surface area contributed by atoms with Crippen LogP contribution in [0.4, 0.5) is 5.95 Å². The van der Waals surface area contributed by atoms with Gasteiger partial charge in [-0.15, -0.1) is 0 Å². The van der Waals surface area contributed by atoms with E-state index in [1.54, 1.807) is 7.11 Å². The molecule has 4 nitrogen and oxygen atoms in total. The number of benzene rings is 1. The number of nitrogen functional groups attached to an aromatic ring is 1. The smallest absolute Gasteiger partial charge is 0.201 e. The van der Waals surface area contributed by atoms with E-state index in [1.165, 1.54) is 0 Å². The first-order valence-electron chi connectivity index (χ1n) is 5.56. The van der Waals surface area contributed by atoms with E-state index in [-0.39, 0.29) is 6.04 Å². The summed E-state index contributed by atoms with van der Waals surface area (Å²) < 4.78 is 7.05. The average molecular weight is 254 g/mol. The first-order chi connectivity index (χ1) is 8.15. The summed E-state index contributed by atoms with van der Waals surface area (Å²) in [5.74, 6) is 0.497. The molecule has 0 amide bonds. The number of ether oxygens (including phenoxy) is 1. The number of anilines is 1. The molecule has 0 radical (unpaired) electrons. The lowest BCUT2D eigenvalue weighted by Crippen LogP contribution is -2.11. The summed E-state index contributed by atoms with van der Waals surface area (Å²) >= 11 is 6.21. The fraction of sp³-hybridized carbons (Fsp3) is 0.417. The number of methoxy groups -OCH3 is 1. The summed E-state index contributed by atoms with van der Waals surface area (Å²) in [6.07, 6.45) is 0.872. The predicted octanol–water partition coefficient (Wildman–Crippen LogP) is 2.87. The van der Waals surface area contributed by atoms with Crippen LogP contribution < -0.4 is 5.73 Å². The molecule has 0 saturated carbocycles. The second kappa shape index (κ2) is 4.94. The fourth-order valence-corrected chi connectivity index (χ4v) is 2.25. The molecule has 2 aromatic rings. The number of imidazole rings is 1. The first kappa shape index (κ1) is 12.2. The van der Waals surface area contributed by atoms with Crippen LogP contribution in [-0.2, 0) is 4.74 Å². The number of fused-ring (bicyclic) bond motifs is 1. The number of para-hydroxylation sites is 1. The zero-order valence-corrected chi connectivity index (χ0v) is 10.7. The Bertz CT molecular complexity index is 524. The molecule has 0 spiro atoms. The van der Waals surface area contributed by atoms with Gasteiger partial charge < -0.3 is 15.0 Å². The van der Waals surface area contributed by atoms with E-state index < -0.39 is 0 Å². The molecule has 2 rings (SSSR count). The Morgan fingerprint density at radius 3 is 3.00 bits per heavy atom. The Labute approximate surface area is 105 Å². The van der Waals surface area contributed by atoms with Gasteiger partial charge in [-0.2, -0.15) is 0 Å². The molecule has 0 saturated heterocycles. The van der Waals surface area contributed by atoms with Crippen molar-refractivity contribution < 1.29 is 4.74 Å². The minimum Gasteiger partial charge on any atom is -0.385 e. The van der Waals surface area contributed by atoms with Gasteiger partial charge in [0.05, 0.1) is 16.1 Å². The van der Waals surface area contributed by atoms with Crippen molar-refractivity contribution in [3.63, 3.8) is 0 Å². The van der Waals surface area contributed by atoms with Gasteiger partial charge in [-0.3, -0.25) is 0 Å². The molecule has 0 aliphatic carbocycles. The Hall–Kier alpha value is -1.26. The van der Waals surface area contributed by atoms with E-state index in [2.05, 4.69) is 11.9 Å². The van der Waals surface area contributed by atoms with E-state index in [9.17, 15) is 0 Å². The number of nitrogens with two attached hydrogens (primary N) is 1. The van der Waals surface area contributed by atoms with E-state index in [0.717, 1.165) is 17.5 Å². The highest BCUT2D eigenvalue weighted by atomic mass is 35.5. The summed E-state index contributed by atoms with van der Waals surface area (Å²) in [5.41, 5.74) is 7.68. The standard InChI is InChI=1S/C12H16ClN3O/c1-8(6-7-17-2)16-11-9(13)4-3-5-10(11)15-12(16)14/h3-5,8H,6-7H2,1-2H3,(H2,14,15). The third kappa shape index (κ3) is 2.23. The fourth-order valence-electron chi connectivity index (χ4n) is 1.99. The average Bonchev–Trinajstić information content (AvgIpc) is 2.64. The highest BCUT2D eigenvalue weighted by Crippen LogP contribution is 2.29. The SMILES string of the molecule is COCCC(C)n1c(N)nc2cccc(Cl)c21. The molecule has 1 aromatic carbocycles. The van der Waals surface area contributed by atoms with Crippen LogP contribution in [0.15, 0.2) is 18.2 Å². The Kier molecular flexibility index (Phi) is 3.54. The van der Waals surface area contributed by atoms with Gasteiger partial charge in [-0.1, -0.05) is 17.7 Å². The van der Waals surface area contributed by atoms with Crippen LogP contribution in [0, 0.1) is 0 Å². The molecule has 2 N–H and O–H groups in total. The van der Waals surface area contributed by atoms with Crippen molar-refractivity contribution in [3.05, 3.63) is 23.2 Å². The number of halogens is 1. The number of rotatable bonds is 4. The van der Waals surface area contributed by atoms with Gasteiger partial charge in [0.15, 0.2) is 0 Å². The maximum absolute atomic E-state index is 6.21. The molecule has 0 aliphatic rings. The zero-order valence-electron chi connectivity index (χ0n) is 9.98. The largest absolute Gasteiger partial charge is 0.385 e. The summed E-state index contributed by atoms with van der Waals surface area (Å²) in [7, 11) is 1.69. The van der Waals surface area contributed by atoms with Crippen molar-refractivity contribution in [1.82, 2.24) is 9.55 Å². The van der Waals surface area contributed by atoms with Gasteiger partial charge in [-0.25, -0.2) is 4.98 Å². The highest BCUT2D eigenvalue weighted by Gasteiger charge is 2.15. The van der Waals surface area contributed by atoms with Crippen molar-refractivity contribution in [2.75, 3.05) is 19.5 Å². The van der Waals surface area contributed by atoms with Crippen molar-refractivity contribution in [2.24, 2.45) is 0 Å². The molecule has 1 aromatic heterocycles. The molecule has 1 heterocycles. The molecule has 1 atom stereocenters. The van der Waals surface area contributed by atoms with Crippen LogP contribution in [0.25, 0.3) is 11.0 Å². The van der Waals surface area contributed by atoms with Crippen molar-refractivity contribution in [2.45, 2.75) is 19.4 Å². The van der Waals surface area contributed by atoms with Crippen LogP contribution in [0.1, 0.15) is 19.4 Å². The van der Waals surface area contributed by atoms with Gasteiger partial charge in [0.25, 0.3) is 0 Å². The van der Waals surface area contributed by atoms with Crippen LogP contribution in [0.5, 0.6) is 0 Å². The summed E-state index contributed by atoms with van der Waals surface area (Å²) in [4.78, 5) is 4.32. The lowest BCUT2D eigenvalue weighted by atomic mass is 10.2. The van der Waals surface area contributed by atoms with Gasteiger partial charge in [0.1, 0.15) is 0 Å². The Morgan fingerprint density at radius 2 is 2.29 bits per heavy atom. The van der Waals surface area contributed by atoms with Gasteiger partial charge in [0.2, 0.25) is 5.95 Å². The second-order valence-corrected chi connectivity index (χ2v) is 4.49. The van der Waals surface area contributed by atoms with Crippen molar-refractivity contribution in [3.8, 4) is 0 Å². The third-order valence-corrected chi connectivity index (χ3v) is 3.17. The summed E-state index contributed by atoms with van der Waals surface area (Å²) in [6, 6.07) is 5.85. The third-order valence-electron chi connectivity index (χ3n) is 2.87. The Morgan fingerprint density at radius 1 is 1.53 bits per heavy atom. The number of aromatic nitrogens is 2. The summed E-state index contributed by atoms with van der Waals surface area (Å²) in [6.45, 7) is 2.77. The van der Waals surface area contributed by atoms with Crippen LogP contribution >= 0.6 is 11.6 Å². The van der Waals surface area contributed by atoms with Crippen LogP contribution in [-0.4, -0.2) is 23.3 Å². The topological polar surface area (TPSA) is 53.1 Å². The Balaban J connectivity index is 2.48. The molecular weight excluding hydrogens is 238 g/mol. The summed E-state index contributed by atoms with van der Waals surface area (Å²) in [5, 5.41) is 0.677. The zero-order chi connectivity index (χ0) is 12.4. The molecule has 0 fully saturated rings. The van der Waals surface area contributed by atoms with Gasteiger partial charge in [-0.05, 0) is 25.5 Å². The van der Waals surface area contributed by atoms with E-state index >= 15 is 0 Å². The lowest BCUT2D eigenvalue weighted by Gasteiger charge is -2.15. The van der Waals surface area contributed by atoms with E-state index in [4.69, 9.17) is 22.1 Å². The molecule has 0 aliphatic heterocycles. The molecule has 5 heteroatoms. The van der Waals surface area contributed by atoms with Crippen LogP contribution in [0.3, 0.4) is 0 Å². The van der Waals surface area contributed by atoms with Gasteiger partial charge in [0, 0.05) is 19.8 Å². The molecule has 0 bridgehead atoms. The number of nitrogens with zero attached hydrogens (tertiary/aromatic N) is 2. The van der Waals surface area contributed by atoms with Gasteiger partial charge >= 0.3 is 0 Å². The van der Waals surface area contributed by atoms with E-state index in [1.807, 2.05) is 22.8 Å². The number of hydrogen-bond acceptors (Lipinski definition) is 3. The minimum absolute atomic E-state index is 0.208. The van der Waals surface area contributed by atoms with E-state index in [0.29, 0.717) is 17.6 Å². The maximum Gasteiger partial charge on any atom is 0.201 e. The molecular formula is C12H16ClN3O. The molecule has 1 unspecified atom stereocenters. The quantitative estimate of drug-likeness (QED) is 0.912. The van der Waals surface area contributed by atoms with Crippen molar-refractivity contribution >= 4 is 28.6 Å². The van der Waals surface area contributed by atoms with Crippen molar-refractivity contribution in [1.29, 1.82) is 0 Å². The minimum atomic E-state index is 0.208. The highest BCUT2D eigenvalue weighted by molar-refractivity contribution is 6.35. The predicted molar refractivity (Wildman–Crippen MR) is 70.4 cm³/mol. The monoisotopic (exact) mass is 253 g/mol.